The number of nitrogens with zero attached hydrogens (tertiary/aromatic N) is 4. The normalized spacial score (nSPS) is 13.9. The van der Waals surface area contributed by atoms with Crippen LogP contribution in [0.3, 0.4) is 0 Å². The molecule has 0 amide bonds. The molecule has 0 saturated carbocycles. The second-order valence-electron chi connectivity index (χ2n) is 13.8. The highest BCUT2D eigenvalue weighted by molar-refractivity contribution is 5.87. The molecule has 1 saturated heterocycles. The van der Waals surface area contributed by atoms with Crippen LogP contribution in [0.4, 0.5) is 0 Å². The minimum atomic E-state index is 0.100. The zero-order valence-electron chi connectivity index (χ0n) is 29.7. The van der Waals surface area contributed by atoms with Gasteiger partial charge in [-0.15, -0.1) is 0 Å². The summed E-state index contributed by atoms with van der Waals surface area (Å²) >= 11 is 0. The molecule has 7 heteroatoms. The molecule has 0 atom stereocenters. The molecule has 0 N–H and O–H groups in total. The van der Waals surface area contributed by atoms with Crippen LogP contribution in [0.2, 0.25) is 0 Å². The zero-order valence-corrected chi connectivity index (χ0v) is 29.7. The monoisotopic (exact) mass is 640 g/mol. The summed E-state index contributed by atoms with van der Waals surface area (Å²) in [6.07, 6.45) is 5.67. The Morgan fingerprint density at radius 3 is 2.26 bits per heavy atom. The molecule has 1 aliphatic heterocycles. The van der Waals surface area contributed by atoms with E-state index in [0.717, 1.165) is 110 Å². The molecule has 0 unspecified atom stereocenters. The highest BCUT2D eigenvalue weighted by Crippen LogP contribution is 2.36. The van der Waals surface area contributed by atoms with Gasteiger partial charge in [-0.1, -0.05) is 72.2 Å². The lowest BCUT2D eigenvalue weighted by molar-refractivity contribution is 0.235. The molecule has 47 heavy (non-hydrogen) atoms. The van der Waals surface area contributed by atoms with Gasteiger partial charge in [0.05, 0.1) is 12.1 Å². The quantitative estimate of drug-likeness (QED) is 0.107. The summed E-state index contributed by atoms with van der Waals surface area (Å²) in [7, 11) is 0. The Labute approximate surface area is 282 Å². The van der Waals surface area contributed by atoms with Crippen molar-refractivity contribution in [2.45, 2.75) is 85.6 Å². The van der Waals surface area contributed by atoms with E-state index >= 15 is 0 Å². The molecule has 7 nitrogen and oxygen atoms in total. The van der Waals surface area contributed by atoms with E-state index in [4.69, 9.17) is 19.2 Å². The standard InChI is InChI=1S/C40H56N4O3/c1-7-10-24-44-36-29-35(45-26-14-23-42(8-2)9-3)30-37(46-27-25-43-21-11-12-22-43)38(36)41-39(44)31-15-13-16-34(28-31)47-33-19-17-32(18-20-33)40(4,5)6/h13,15-20,28-30H,7-12,14,21-27H2,1-6H3. The Kier molecular flexibility index (Phi) is 12.2. The molecule has 2 heterocycles. The molecular formula is C40H56N4O3. The maximum absolute atomic E-state index is 6.52. The van der Waals surface area contributed by atoms with Crippen LogP contribution in [0.25, 0.3) is 22.4 Å². The van der Waals surface area contributed by atoms with Crippen LogP contribution in [0.1, 0.15) is 79.2 Å². The van der Waals surface area contributed by atoms with Crippen molar-refractivity contribution in [3.05, 3.63) is 66.2 Å². The Balaban J connectivity index is 1.45. The number of imidazole rings is 1. The molecule has 0 radical (unpaired) electrons. The van der Waals surface area contributed by atoms with Gasteiger partial charge in [0, 0.05) is 37.3 Å². The molecule has 5 rings (SSSR count). The van der Waals surface area contributed by atoms with E-state index in [-0.39, 0.29) is 5.41 Å². The maximum atomic E-state index is 6.52. The van der Waals surface area contributed by atoms with E-state index < -0.39 is 0 Å². The van der Waals surface area contributed by atoms with Gasteiger partial charge >= 0.3 is 0 Å². The molecule has 0 bridgehead atoms. The van der Waals surface area contributed by atoms with Gasteiger partial charge < -0.3 is 23.7 Å². The molecule has 4 aromatic rings. The van der Waals surface area contributed by atoms with Crippen LogP contribution < -0.4 is 14.2 Å². The lowest BCUT2D eigenvalue weighted by Gasteiger charge is -2.19. The Hall–Kier alpha value is -3.55. The summed E-state index contributed by atoms with van der Waals surface area (Å²) in [5, 5.41) is 0. The average molecular weight is 641 g/mol. The summed E-state index contributed by atoms with van der Waals surface area (Å²) in [6.45, 7) is 21.9. The smallest absolute Gasteiger partial charge is 0.150 e. The van der Waals surface area contributed by atoms with Crippen molar-refractivity contribution in [1.82, 2.24) is 19.4 Å². The minimum absolute atomic E-state index is 0.100. The van der Waals surface area contributed by atoms with Crippen LogP contribution in [-0.4, -0.2) is 71.8 Å². The third kappa shape index (κ3) is 9.29. The molecule has 1 fully saturated rings. The van der Waals surface area contributed by atoms with Crippen molar-refractivity contribution in [3.8, 4) is 34.4 Å². The zero-order chi connectivity index (χ0) is 33.2. The Morgan fingerprint density at radius 1 is 0.787 bits per heavy atom. The average Bonchev–Trinajstić information content (AvgIpc) is 3.72. The van der Waals surface area contributed by atoms with E-state index in [2.05, 4.69) is 104 Å². The fourth-order valence-electron chi connectivity index (χ4n) is 6.29. The topological polar surface area (TPSA) is 52.0 Å². The lowest BCUT2D eigenvalue weighted by atomic mass is 9.87. The Morgan fingerprint density at radius 2 is 1.55 bits per heavy atom. The van der Waals surface area contributed by atoms with E-state index in [1.54, 1.807) is 0 Å². The minimum Gasteiger partial charge on any atom is -0.493 e. The van der Waals surface area contributed by atoms with Crippen LogP contribution in [0, 0.1) is 0 Å². The maximum Gasteiger partial charge on any atom is 0.150 e. The second-order valence-corrected chi connectivity index (χ2v) is 13.8. The number of unbranched alkanes of at least 4 members (excludes halogenated alkanes) is 1. The van der Waals surface area contributed by atoms with Crippen LogP contribution in [0.15, 0.2) is 60.7 Å². The van der Waals surface area contributed by atoms with Crippen molar-refractivity contribution >= 4 is 11.0 Å². The fraction of sp³-hybridized carbons (Fsp3) is 0.525. The first-order valence-electron chi connectivity index (χ1n) is 17.9. The van der Waals surface area contributed by atoms with E-state index in [9.17, 15) is 0 Å². The summed E-state index contributed by atoms with van der Waals surface area (Å²) in [6, 6.07) is 20.9. The molecule has 1 aliphatic rings. The number of likely N-dealkylation sites (tertiary alicyclic amines) is 1. The van der Waals surface area contributed by atoms with Gasteiger partial charge in [-0.3, -0.25) is 4.90 Å². The number of ether oxygens (including phenoxy) is 3. The molecule has 0 aliphatic carbocycles. The van der Waals surface area contributed by atoms with E-state index in [0.29, 0.717) is 13.2 Å². The molecular weight excluding hydrogens is 584 g/mol. The van der Waals surface area contributed by atoms with Gasteiger partial charge in [0.25, 0.3) is 0 Å². The van der Waals surface area contributed by atoms with Crippen molar-refractivity contribution in [2.75, 3.05) is 52.5 Å². The first-order valence-corrected chi connectivity index (χ1v) is 17.9. The summed E-state index contributed by atoms with van der Waals surface area (Å²) in [5.41, 5.74) is 4.34. The number of aryl methyl sites for hydroxylation is 1. The van der Waals surface area contributed by atoms with Crippen molar-refractivity contribution in [1.29, 1.82) is 0 Å². The van der Waals surface area contributed by atoms with Crippen LogP contribution in [-0.2, 0) is 12.0 Å². The molecule has 0 spiro atoms. The first kappa shape index (κ1) is 34.8. The van der Waals surface area contributed by atoms with E-state index in [1.165, 1.54) is 18.4 Å². The molecule has 3 aromatic carbocycles. The number of fused-ring (bicyclic) bond motifs is 1. The largest absolute Gasteiger partial charge is 0.493 e. The van der Waals surface area contributed by atoms with Crippen molar-refractivity contribution in [2.24, 2.45) is 0 Å². The number of aromatic nitrogens is 2. The van der Waals surface area contributed by atoms with Gasteiger partial charge in [-0.2, -0.15) is 0 Å². The van der Waals surface area contributed by atoms with Gasteiger partial charge in [-0.25, -0.2) is 4.98 Å². The highest BCUT2D eigenvalue weighted by atomic mass is 16.5. The molecule has 1 aromatic heterocycles. The third-order valence-electron chi connectivity index (χ3n) is 9.22. The SMILES string of the molecule is CCCCn1c(-c2cccc(Oc3ccc(C(C)(C)C)cc3)c2)nc2c(OCCN3CCCC3)cc(OCCCN(CC)CC)cc21. The van der Waals surface area contributed by atoms with Gasteiger partial charge in [-0.05, 0) is 87.1 Å². The van der Waals surface area contributed by atoms with Crippen molar-refractivity contribution in [3.63, 3.8) is 0 Å². The summed E-state index contributed by atoms with van der Waals surface area (Å²) in [4.78, 5) is 10.2. The lowest BCUT2D eigenvalue weighted by Crippen LogP contribution is -2.25. The number of benzene rings is 3. The second kappa shape index (κ2) is 16.5. The Bertz CT molecular complexity index is 1550. The first-order chi connectivity index (χ1) is 22.8. The number of hydrogen-bond acceptors (Lipinski definition) is 6. The highest BCUT2D eigenvalue weighted by Gasteiger charge is 2.20. The number of rotatable bonds is 17. The third-order valence-corrected chi connectivity index (χ3v) is 9.22. The molecule has 254 valence electrons. The predicted molar refractivity (Wildman–Crippen MR) is 194 cm³/mol. The van der Waals surface area contributed by atoms with Gasteiger partial charge in [0.15, 0.2) is 5.75 Å². The predicted octanol–water partition coefficient (Wildman–Crippen LogP) is 9.18. The van der Waals surface area contributed by atoms with Crippen LogP contribution >= 0.6 is 0 Å². The van der Waals surface area contributed by atoms with Crippen LogP contribution in [0.5, 0.6) is 23.0 Å². The van der Waals surface area contributed by atoms with Gasteiger partial charge in [0.2, 0.25) is 0 Å². The summed E-state index contributed by atoms with van der Waals surface area (Å²) < 4.78 is 21.6. The fourth-order valence-corrected chi connectivity index (χ4v) is 6.29. The number of hydrogen-bond donors (Lipinski definition) is 0. The van der Waals surface area contributed by atoms with Gasteiger partial charge in [0.1, 0.15) is 35.2 Å². The van der Waals surface area contributed by atoms with Crippen molar-refractivity contribution < 1.29 is 14.2 Å². The van der Waals surface area contributed by atoms with E-state index in [1.807, 2.05) is 12.1 Å². The summed E-state index contributed by atoms with van der Waals surface area (Å²) in [5.74, 6) is 4.17.